The molecule has 2 atom stereocenters. The van der Waals surface area contributed by atoms with E-state index in [4.69, 9.17) is 0 Å². The second-order valence-corrected chi connectivity index (χ2v) is 5.25. The molecule has 2 heterocycles. The zero-order valence-corrected chi connectivity index (χ0v) is 11.1. The van der Waals surface area contributed by atoms with Crippen LogP contribution < -0.4 is 5.32 Å². The second-order valence-electron chi connectivity index (χ2n) is 5.25. The molecule has 3 rings (SSSR count). The summed E-state index contributed by atoms with van der Waals surface area (Å²) < 4.78 is 1.70. The molecule has 0 spiro atoms. The van der Waals surface area contributed by atoms with Crippen LogP contribution in [-0.2, 0) is 0 Å². The largest absolute Gasteiger partial charge is 0.393 e. The molecule has 2 aromatic heterocycles. The molecule has 6 nitrogen and oxygen atoms in total. The van der Waals surface area contributed by atoms with Crippen molar-refractivity contribution in [1.82, 2.24) is 19.6 Å². The molecule has 0 aliphatic heterocycles. The Morgan fingerprint density at radius 2 is 2.26 bits per heavy atom. The van der Waals surface area contributed by atoms with Crippen LogP contribution in [0.1, 0.15) is 31.4 Å². The van der Waals surface area contributed by atoms with Crippen LogP contribution in [0.3, 0.4) is 0 Å². The molecule has 6 heteroatoms. The van der Waals surface area contributed by atoms with Gasteiger partial charge in [-0.1, -0.05) is 12.8 Å². The maximum atomic E-state index is 9.99. The summed E-state index contributed by atoms with van der Waals surface area (Å²) in [5.41, 5.74) is 0.909. The Morgan fingerprint density at radius 3 is 3.11 bits per heavy atom. The van der Waals surface area contributed by atoms with Crippen molar-refractivity contribution in [2.24, 2.45) is 5.92 Å². The summed E-state index contributed by atoms with van der Waals surface area (Å²) in [6.07, 6.45) is 5.66. The SMILES string of the molecule is Cc1cc(NCC2CCCCC2O)n2ncnc2n1. The number of fused-ring (bicyclic) bond motifs is 1. The number of aliphatic hydroxyl groups excluding tert-OH is 1. The van der Waals surface area contributed by atoms with Gasteiger partial charge in [-0.2, -0.15) is 14.6 Å². The second kappa shape index (κ2) is 5.13. The Hall–Kier alpha value is -1.69. The third-order valence-corrected chi connectivity index (χ3v) is 3.79. The van der Waals surface area contributed by atoms with Gasteiger partial charge in [0.2, 0.25) is 0 Å². The van der Waals surface area contributed by atoms with Crippen LogP contribution in [-0.4, -0.2) is 37.3 Å². The van der Waals surface area contributed by atoms with Crippen LogP contribution in [0.5, 0.6) is 0 Å². The average Bonchev–Trinajstić information content (AvgIpc) is 2.85. The van der Waals surface area contributed by atoms with Gasteiger partial charge in [-0.3, -0.25) is 0 Å². The Kier molecular flexibility index (Phi) is 3.33. The monoisotopic (exact) mass is 261 g/mol. The predicted octanol–water partition coefficient (Wildman–Crippen LogP) is 1.40. The van der Waals surface area contributed by atoms with E-state index in [-0.39, 0.29) is 6.10 Å². The molecule has 19 heavy (non-hydrogen) atoms. The van der Waals surface area contributed by atoms with Crippen LogP contribution in [0.25, 0.3) is 5.78 Å². The van der Waals surface area contributed by atoms with Gasteiger partial charge in [0.1, 0.15) is 12.1 Å². The molecule has 0 saturated heterocycles. The van der Waals surface area contributed by atoms with Gasteiger partial charge < -0.3 is 10.4 Å². The minimum Gasteiger partial charge on any atom is -0.393 e. The van der Waals surface area contributed by atoms with Gasteiger partial charge in [0.15, 0.2) is 0 Å². The van der Waals surface area contributed by atoms with Gasteiger partial charge in [0, 0.05) is 24.2 Å². The van der Waals surface area contributed by atoms with Gasteiger partial charge in [0.05, 0.1) is 6.10 Å². The molecule has 0 aromatic carbocycles. The van der Waals surface area contributed by atoms with Crippen molar-refractivity contribution in [3.63, 3.8) is 0 Å². The summed E-state index contributed by atoms with van der Waals surface area (Å²) >= 11 is 0. The molecule has 102 valence electrons. The summed E-state index contributed by atoms with van der Waals surface area (Å²) in [5, 5.41) is 17.5. The quantitative estimate of drug-likeness (QED) is 0.873. The average molecular weight is 261 g/mol. The highest BCUT2D eigenvalue weighted by atomic mass is 16.3. The van der Waals surface area contributed by atoms with E-state index in [0.29, 0.717) is 11.7 Å². The zero-order valence-electron chi connectivity index (χ0n) is 11.1. The number of rotatable bonds is 3. The number of hydrogen-bond donors (Lipinski definition) is 2. The fraction of sp³-hybridized carbons (Fsp3) is 0.615. The van der Waals surface area contributed by atoms with E-state index >= 15 is 0 Å². The predicted molar refractivity (Wildman–Crippen MR) is 72.0 cm³/mol. The van der Waals surface area contributed by atoms with Crippen molar-refractivity contribution >= 4 is 11.6 Å². The van der Waals surface area contributed by atoms with Crippen molar-refractivity contribution in [3.05, 3.63) is 18.1 Å². The summed E-state index contributed by atoms with van der Waals surface area (Å²) in [4.78, 5) is 8.41. The molecule has 0 bridgehead atoms. The fourth-order valence-corrected chi connectivity index (χ4v) is 2.72. The van der Waals surface area contributed by atoms with Gasteiger partial charge in [-0.15, -0.1) is 0 Å². The van der Waals surface area contributed by atoms with Crippen LogP contribution in [0, 0.1) is 12.8 Å². The van der Waals surface area contributed by atoms with E-state index in [0.717, 1.165) is 37.3 Å². The Morgan fingerprint density at radius 1 is 1.42 bits per heavy atom. The fourth-order valence-electron chi connectivity index (χ4n) is 2.72. The molecule has 2 unspecified atom stereocenters. The van der Waals surface area contributed by atoms with E-state index in [2.05, 4.69) is 20.4 Å². The molecule has 2 N–H and O–H groups in total. The zero-order chi connectivity index (χ0) is 13.2. The number of anilines is 1. The van der Waals surface area contributed by atoms with Crippen LogP contribution in [0.2, 0.25) is 0 Å². The lowest BCUT2D eigenvalue weighted by Crippen LogP contribution is -2.30. The normalized spacial score (nSPS) is 23.7. The van der Waals surface area contributed by atoms with Crippen LogP contribution in [0.15, 0.2) is 12.4 Å². The van der Waals surface area contributed by atoms with E-state index in [1.54, 1.807) is 4.52 Å². The summed E-state index contributed by atoms with van der Waals surface area (Å²) in [7, 11) is 0. The Bertz CT molecular complexity index is 567. The molecule has 1 saturated carbocycles. The summed E-state index contributed by atoms with van der Waals surface area (Å²) in [6, 6.07) is 1.96. The van der Waals surface area contributed by atoms with Gasteiger partial charge in [-0.25, -0.2) is 4.98 Å². The Labute approximate surface area is 111 Å². The minimum atomic E-state index is -0.185. The van der Waals surface area contributed by atoms with Crippen molar-refractivity contribution in [2.45, 2.75) is 38.7 Å². The highest BCUT2D eigenvalue weighted by Crippen LogP contribution is 2.24. The standard InChI is InChI=1S/C13H19N5O/c1-9-6-12(18-13(17-9)15-8-16-18)14-7-10-4-2-3-5-11(10)19/h6,8,10-11,14,19H,2-5,7H2,1H3. The lowest BCUT2D eigenvalue weighted by Gasteiger charge is -2.27. The molecule has 1 aliphatic rings. The van der Waals surface area contributed by atoms with E-state index in [1.165, 1.54) is 12.7 Å². The lowest BCUT2D eigenvalue weighted by molar-refractivity contribution is 0.0762. The van der Waals surface area contributed by atoms with Crippen LogP contribution >= 0.6 is 0 Å². The van der Waals surface area contributed by atoms with Crippen molar-refractivity contribution < 1.29 is 5.11 Å². The van der Waals surface area contributed by atoms with Crippen molar-refractivity contribution in [2.75, 3.05) is 11.9 Å². The van der Waals surface area contributed by atoms with Crippen LogP contribution in [0.4, 0.5) is 5.82 Å². The minimum absolute atomic E-state index is 0.185. The topological polar surface area (TPSA) is 75.3 Å². The molecule has 1 aliphatic carbocycles. The van der Waals surface area contributed by atoms with Crippen molar-refractivity contribution in [1.29, 1.82) is 0 Å². The first kappa shape index (κ1) is 12.3. The molecular weight excluding hydrogens is 242 g/mol. The molecule has 0 radical (unpaired) electrons. The van der Waals surface area contributed by atoms with E-state index in [1.807, 2.05) is 13.0 Å². The number of nitrogens with zero attached hydrogens (tertiary/aromatic N) is 4. The number of nitrogens with one attached hydrogen (secondary N) is 1. The van der Waals surface area contributed by atoms with Crippen molar-refractivity contribution in [3.8, 4) is 0 Å². The number of hydrogen-bond acceptors (Lipinski definition) is 5. The summed E-state index contributed by atoms with van der Waals surface area (Å²) in [6.45, 7) is 2.70. The van der Waals surface area contributed by atoms with Gasteiger partial charge in [0.25, 0.3) is 5.78 Å². The highest BCUT2D eigenvalue weighted by molar-refractivity contribution is 5.44. The summed E-state index contributed by atoms with van der Waals surface area (Å²) in [5.74, 6) is 1.81. The molecular formula is C13H19N5O. The smallest absolute Gasteiger partial charge is 0.254 e. The third-order valence-electron chi connectivity index (χ3n) is 3.79. The van der Waals surface area contributed by atoms with E-state index < -0.39 is 0 Å². The Balaban J connectivity index is 1.75. The van der Waals surface area contributed by atoms with Gasteiger partial charge >= 0.3 is 0 Å². The van der Waals surface area contributed by atoms with E-state index in [9.17, 15) is 5.11 Å². The maximum absolute atomic E-state index is 9.99. The number of aromatic nitrogens is 4. The number of aryl methyl sites for hydroxylation is 1. The first-order chi connectivity index (χ1) is 9.24. The lowest BCUT2D eigenvalue weighted by atomic mass is 9.86. The highest BCUT2D eigenvalue weighted by Gasteiger charge is 2.22. The maximum Gasteiger partial charge on any atom is 0.254 e. The molecule has 1 fully saturated rings. The molecule has 0 amide bonds. The number of aliphatic hydroxyl groups is 1. The third kappa shape index (κ3) is 2.53. The first-order valence-corrected chi connectivity index (χ1v) is 6.83. The first-order valence-electron chi connectivity index (χ1n) is 6.83. The molecule has 2 aromatic rings. The van der Waals surface area contributed by atoms with Gasteiger partial charge in [-0.05, 0) is 19.8 Å².